The van der Waals surface area contributed by atoms with Crippen molar-refractivity contribution in [1.82, 2.24) is 28.9 Å². The zero-order valence-electron chi connectivity index (χ0n) is 30.3. The number of hydrogen-bond acceptors (Lipinski definition) is 7. The van der Waals surface area contributed by atoms with Crippen LogP contribution in [0, 0.1) is 18.8 Å². The Hall–Kier alpha value is -4.52. The number of hydrogen-bond donors (Lipinski definition) is 3. The molecule has 3 aliphatic rings. The lowest BCUT2D eigenvalue weighted by Crippen LogP contribution is -2.35. The van der Waals surface area contributed by atoms with Crippen LogP contribution in [-0.2, 0) is 44.8 Å². The number of carbonyl (C=O) groups excluding carboxylic acids is 2. The van der Waals surface area contributed by atoms with Gasteiger partial charge in [0.1, 0.15) is 0 Å². The van der Waals surface area contributed by atoms with Gasteiger partial charge in [-0.3, -0.25) is 19.3 Å². The highest BCUT2D eigenvalue weighted by atomic mass is 35.5. The zero-order valence-corrected chi connectivity index (χ0v) is 31.1. The van der Waals surface area contributed by atoms with Gasteiger partial charge in [0.2, 0.25) is 0 Å². The first-order valence-corrected chi connectivity index (χ1v) is 18.6. The molecular weight excluding hydrogens is 680 g/mol. The van der Waals surface area contributed by atoms with E-state index in [2.05, 4.69) is 32.5 Å². The molecule has 0 bridgehead atoms. The molecule has 274 valence electrons. The number of carbonyl (C=O) groups is 3. The van der Waals surface area contributed by atoms with E-state index in [1.165, 1.54) is 0 Å². The fourth-order valence-electron chi connectivity index (χ4n) is 8.32. The minimum absolute atomic E-state index is 0.211. The fourth-order valence-corrected chi connectivity index (χ4v) is 8.60. The van der Waals surface area contributed by atoms with Gasteiger partial charge < -0.3 is 29.8 Å². The Bertz CT molecular complexity index is 2040. The first-order valence-electron chi connectivity index (χ1n) is 18.2. The summed E-state index contributed by atoms with van der Waals surface area (Å²) in [4.78, 5) is 52.9. The maximum absolute atomic E-state index is 13.7. The van der Waals surface area contributed by atoms with Crippen LogP contribution in [-0.4, -0.2) is 78.5 Å². The van der Waals surface area contributed by atoms with Gasteiger partial charge >= 0.3 is 5.97 Å². The van der Waals surface area contributed by atoms with Crippen LogP contribution in [0.3, 0.4) is 0 Å². The van der Waals surface area contributed by atoms with Crippen LogP contribution >= 0.6 is 11.6 Å². The number of aliphatic carboxylic acids is 1. The normalized spacial score (nSPS) is 19.2. The molecule has 3 N–H and O–H groups in total. The maximum atomic E-state index is 13.7. The zero-order chi connectivity index (χ0) is 36.7. The molecule has 4 heterocycles. The highest BCUT2D eigenvalue weighted by Crippen LogP contribution is 2.38. The van der Waals surface area contributed by atoms with E-state index in [0.29, 0.717) is 34.6 Å². The summed E-state index contributed by atoms with van der Waals surface area (Å²) >= 11 is 6.99. The Morgan fingerprint density at radius 1 is 0.827 bits per heavy atom. The van der Waals surface area contributed by atoms with E-state index in [4.69, 9.17) is 16.6 Å². The molecule has 1 aliphatic carbocycles. The summed E-state index contributed by atoms with van der Waals surface area (Å²) in [5.74, 6) is -0.637. The molecule has 1 saturated carbocycles. The van der Waals surface area contributed by atoms with E-state index in [1.807, 2.05) is 60.5 Å². The van der Waals surface area contributed by atoms with Crippen LogP contribution in [0.1, 0.15) is 81.7 Å². The van der Waals surface area contributed by atoms with Crippen molar-refractivity contribution in [1.29, 1.82) is 0 Å². The number of halogens is 1. The molecule has 52 heavy (non-hydrogen) atoms. The van der Waals surface area contributed by atoms with Crippen molar-refractivity contribution in [3.63, 3.8) is 0 Å². The van der Waals surface area contributed by atoms with Crippen molar-refractivity contribution >= 4 is 40.8 Å². The average Bonchev–Trinajstić information content (AvgIpc) is 3.64. The van der Waals surface area contributed by atoms with E-state index in [9.17, 15) is 19.5 Å². The Morgan fingerprint density at radius 3 is 2.12 bits per heavy atom. The van der Waals surface area contributed by atoms with Gasteiger partial charge in [0, 0.05) is 75.8 Å². The molecule has 4 aromatic rings. The number of nitrogens with one attached hydrogen (secondary N) is 2. The number of imidazole rings is 2. The summed E-state index contributed by atoms with van der Waals surface area (Å²) in [6.07, 6.45) is 6.31. The molecular formula is C39H47ClN8O4. The standard InChI is InChI=1S/C39H47ClN8O4/c1-23-25(11-7-13-28(23)43-37(49)35-41-30-21-45(2)18-16-32(30)46(35)3)27-12-8-14-29(34(27)40)44-38(50)36-42-31-22-48(20-17-33(31)47(36)4)19-15-24-9-5-6-10-26(24)39(51)52/h7-8,11-14,24,26H,5-6,9-10,15-22H2,1-4H3,(H,43,49)(H,44,50)(H,51,52). The van der Waals surface area contributed by atoms with Crippen molar-refractivity contribution < 1.29 is 19.5 Å². The number of nitrogens with zero attached hydrogens (tertiary/aromatic N) is 6. The lowest BCUT2D eigenvalue weighted by Gasteiger charge is -2.32. The minimum atomic E-state index is -0.670. The number of benzene rings is 2. The number of anilines is 2. The van der Waals surface area contributed by atoms with Gasteiger partial charge in [-0.1, -0.05) is 48.7 Å². The molecule has 2 aromatic carbocycles. The van der Waals surface area contributed by atoms with Crippen molar-refractivity contribution in [2.75, 3.05) is 37.3 Å². The molecule has 0 spiro atoms. The second kappa shape index (κ2) is 14.8. The topological polar surface area (TPSA) is 138 Å². The largest absolute Gasteiger partial charge is 0.481 e. The molecule has 12 nitrogen and oxygen atoms in total. The third-order valence-corrected chi connectivity index (χ3v) is 11.8. The van der Waals surface area contributed by atoms with Crippen LogP contribution in [0.4, 0.5) is 11.4 Å². The molecule has 2 unspecified atom stereocenters. The second-order valence-corrected chi connectivity index (χ2v) is 15.0. The van der Waals surface area contributed by atoms with Crippen molar-refractivity contribution in [2.45, 2.75) is 65.0 Å². The predicted octanol–water partition coefficient (Wildman–Crippen LogP) is 5.91. The van der Waals surface area contributed by atoms with Crippen LogP contribution in [0.2, 0.25) is 5.02 Å². The van der Waals surface area contributed by atoms with Crippen molar-refractivity contribution in [3.8, 4) is 11.1 Å². The summed E-state index contributed by atoms with van der Waals surface area (Å²) in [6.45, 7) is 5.87. The maximum Gasteiger partial charge on any atom is 0.306 e. The number of amides is 2. The number of likely N-dealkylation sites (N-methyl/N-ethyl adjacent to an activating group) is 1. The Labute approximate surface area is 309 Å². The molecule has 2 atom stereocenters. The van der Waals surface area contributed by atoms with Crippen molar-refractivity contribution in [3.05, 3.63) is 81.4 Å². The van der Waals surface area contributed by atoms with Crippen LogP contribution in [0.25, 0.3) is 11.1 Å². The Kier molecular flexibility index (Phi) is 10.2. The molecule has 13 heteroatoms. The van der Waals surface area contributed by atoms with Gasteiger partial charge in [0.15, 0.2) is 11.6 Å². The van der Waals surface area contributed by atoms with Crippen LogP contribution in [0.15, 0.2) is 36.4 Å². The van der Waals surface area contributed by atoms with Crippen LogP contribution < -0.4 is 10.6 Å². The average molecular weight is 727 g/mol. The smallest absolute Gasteiger partial charge is 0.306 e. The van der Waals surface area contributed by atoms with Gasteiger partial charge in [-0.25, -0.2) is 9.97 Å². The molecule has 7 rings (SSSR count). The monoisotopic (exact) mass is 726 g/mol. The molecule has 0 saturated heterocycles. The number of rotatable bonds is 9. The van der Waals surface area contributed by atoms with Crippen molar-refractivity contribution in [2.24, 2.45) is 25.9 Å². The van der Waals surface area contributed by atoms with Gasteiger partial charge in [0.05, 0.1) is 28.0 Å². The first kappa shape index (κ1) is 35.9. The molecule has 1 fully saturated rings. The first-order chi connectivity index (χ1) is 25.0. The summed E-state index contributed by atoms with van der Waals surface area (Å²) in [6, 6.07) is 11.2. The Morgan fingerprint density at radius 2 is 1.42 bits per heavy atom. The third kappa shape index (κ3) is 6.99. The second-order valence-electron chi connectivity index (χ2n) is 14.6. The number of aromatic nitrogens is 4. The molecule has 0 radical (unpaired) electrons. The molecule has 2 aliphatic heterocycles. The number of carboxylic acids is 1. The van der Waals surface area contributed by atoms with Crippen LogP contribution in [0.5, 0.6) is 0 Å². The highest BCUT2D eigenvalue weighted by Gasteiger charge is 2.32. The SMILES string of the molecule is Cc1c(NC(=O)c2nc3c(n2C)CCN(C)C3)cccc1-c1cccc(NC(=O)c2nc3c(n2C)CCN(CCC2CCCCC2C(=O)O)C3)c1Cl. The number of fused-ring (bicyclic) bond motifs is 2. The van der Waals surface area contributed by atoms with Gasteiger partial charge in [-0.2, -0.15) is 0 Å². The van der Waals surface area contributed by atoms with Gasteiger partial charge in [-0.15, -0.1) is 0 Å². The lowest BCUT2D eigenvalue weighted by molar-refractivity contribution is -0.145. The summed E-state index contributed by atoms with van der Waals surface area (Å²) < 4.78 is 3.76. The molecule has 2 aromatic heterocycles. The van der Waals surface area contributed by atoms with E-state index in [1.54, 1.807) is 6.07 Å². The summed E-state index contributed by atoms with van der Waals surface area (Å²) in [5.41, 5.74) is 7.45. The summed E-state index contributed by atoms with van der Waals surface area (Å²) in [7, 11) is 5.81. The Balaban J connectivity index is 1.04. The molecule has 2 amide bonds. The van der Waals surface area contributed by atoms with E-state index in [-0.39, 0.29) is 23.7 Å². The van der Waals surface area contributed by atoms with E-state index < -0.39 is 5.97 Å². The highest BCUT2D eigenvalue weighted by molar-refractivity contribution is 6.36. The number of carboxylic acid groups (broad SMARTS) is 1. The predicted molar refractivity (Wildman–Crippen MR) is 201 cm³/mol. The van der Waals surface area contributed by atoms with Gasteiger partial charge in [0.25, 0.3) is 11.8 Å². The minimum Gasteiger partial charge on any atom is -0.481 e. The van der Waals surface area contributed by atoms with Gasteiger partial charge in [-0.05, 0) is 69.0 Å². The summed E-state index contributed by atoms with van der Waals surface area (Å²) in [5, 5.41) is 16.1. The quantitative estimate of drug-likeness (QED) is 0.194. The lowest BCUT2D eigenvalue weighted by atomic mass is 9.77. The fraction of sp³-hybridized carbons (Fsp3) is 0.462. The van der Waals surface area contributed by atoms with E-state index in [0.717, 1.165) is 111 Å². The van der Waals surface area contributed by atoms with E-state index >= 15 is 0 Å². The third-order valence-electron chi connectivity index (χ3n) is 11.3.